The van der Waals surface area contributed by atoms with Gasteiger partial charge in [-0.2, -0.15) is 4.98 Å². The van der Waals surface area contributed by atoms with Crippen LogP contribution in [0.5, 0.6) is 0 Å². The first kappa shape index (κ1) is 17.5. The molecular weight excluding hydrogens is 360 g/mol. The molecule has 7 heteroatoms. The molecule has 3 heterocycles. The number of benzene rings is 1. The van der Waals surface area contributed by atoms with Crippen molar-refractivity contribution in [2.75, 3.05) is 41.3 Å². The summed E-state index contributed by atoms with van der Waals surface area (Å²) in [6, 6.07) is 13.7. The van der Waals surface area contributed by atoms with Gasteiger partial charge in [0.2, 0.25) is 5.95 Å². The highest BCUT2D eigenvalue weighted by Crippen LogP contribution is 2.25. The average Bonchev–Trinajstić information content (AvgIpc) is 2.72. The van der Waals surface area contributed by atoms with Gasteiger partial charge in [-0.25, -0.2) is 9.97 Å². The van der Waals surface area contributed by atoms with Crippen LogP contribution in [0.1, 0.15) is 5.56 Å². The Bertz CT molecular complexity index is 909. The predicted molar refractivity (Wildman–Crippen MR) is 110 cm³/mol. The van der Waals surface area contributed by atoms with Crippen LogP contribution >= 0.6 is 11.6 Å². The van der Waals surface area contributed by atoms with Crippen molar-refractivity contribution >= 4 is 34.9 Å². The summed E-state index contributed by atoms with van der Waals surface area (Å²) < 4.78 is 0. The zero-order valence-corrected chi connectivity index (χ0v) is 15.9. The molecule has 138 valence electrons. The number of hydrogen-bond donors (Lipinski definition) is 1. The van der Waals surface area contributed by atoms with Crippen molar-refractivity contribution in [3.63, 3.8) is 0 Å². The lowest BCUT2D eigenvalue weighted by molar-refractivity contribution is 0.641. The highest BCUT2D eigenvalue weighted by atomic mass is 35.5. The maximum Gasteiger partial charge on any atom is 0.229 e. The highest BCUT2D eigenvalue weighted by Gasteiger charge is 2.19. The molecule has 1 N–H and O–H groups in total. The molecule has 0 atom stereocenters. The summed E-state index contributed by atoms with van der Waals surface area (Å²) in [7, 11) is 0. The molecule has 3 aromatic rings. The Labute approximate surface area is 163 Å². The largest absolute Gasteiger partial charge is 0.353 e. The van der Waals surface area contributed by atoms with E-state index in [1.54, 1.807) is 6.20 Å². The van der Waals surface area contributed by atoms with E-state index in [4.69, 9.17) is 11.6 Å². The van der Waals surface area contributed by atoms with Crippen molar-refractivity contribution in [1.29, 1.82) is 0 Å². The number of piperazine rings is 1. The van der Waals surface area contributed by atoms with E-state index in [2.05, 4.69) is 36.1 Å². The summed E-state index contributed by atoms with van der Waals surface area (Å²) in [5, 5.41) is 4.00. The first-order valence-corrected chi connectivity index (χ1v) is 9.34. The van der Waals surface area contributed by atoms with Gasteiger partial charge in [-0.1, -0.05) is 23.7 Å². The summed E-state index contributed by atoms with van der Waals surface area (Å²) in [6.45, 7) is 5.59. The molecule has 6 nitrogen and oxygen atoms in total. The third-order valence-electron chi connectivity index (χ3n) is 4.73. The van der Waals surface area contributed by atoms with E-state index in [9.17, 15) is 0 Å². The normalized spacial score (nSPS) is 14.3. The first-order chi connectivity index (χ1) is 13.2. The van der Waals surface area contributed by atoms with E-state index in [1.807, 2.05) is 49.5 Å². The van der Waals surface area contributed by atoms with Crippen LogP contribution in [0.2, 0.25) is 5.02 Å². The molecule has 0 saturated carbocycles. The fraction of sp³-hybridized carbons (Fsp3) is 0.250. The van der Waals surface area contributed by atoms with Crippen LogP contribution in [0.3, 0.4) is 0 Å². The lowest BCUT2D eigenvalue weighted by Gasteiger charge is -2.36. The highest BCUT2D eigenvalue weighted by molar-refractivity contribution is 6.31. The molecule has 1 saturated heterocycles. The number of aromatic nitrogens is 3. The predicted octanol–water partition coefficient (Wildman–Crippen LogP) is 3.90. The fourth-order valence-corrected chi connectivity index (χ4v) is 3.33. The molecule has 1 aliphatic rings. The van der Waals surface area contributed by atoms with Crippen LogP contribution in [0.15, 0.2) is 54.9 Å². The maximum absolute atomic E-state index is 6.20. The van der Waals surface area contributed by atoms with Crippen LogP contribution in [0, 0.1) is 6.92 Å². The van der Waals surface area contributed by atoms with Crippen molar-refractivity contribution in [2.45, 2.75) is 6.92 Å². The second-order valence-corrected chi connectivity index (χ2v) is 6.85. The Morgan fingerprint density at radius 1 is 0.852 bits per heavy atom. The molecule has 2 aromatic heterocycles. The number of pyridine rings is 1. The molecule has 1 aliphatic heterocycles. The summed E-state index contributed by atoms with van der Waals surface area (Å²) in [4.78, 5) is 18.0. The molecule has 0 bridgehead atoms. The van der Waals surface area contributed by atoms with Gasteiger partial charge in [-0.05, 0) is 42.8 Å². The van der Waals surface area contributed by atoms with E-state index in [1.165, 1.54) is 0 Å². The van der Waals surface area contributed by atoms with E-state index in [0.29, 0.717) is 5.95 Å². The molecule has 1 fully saturated rings. The molecule has 1 aromatic carbocycles. The van der Waals surface area contributed by atoms with Gasteiger partial charge >= 0.3 is 0 Å². The van der Waals surface area contributed by atoms with Crippen LogP contribution < -0.4 is 15.1 Å². The minimum Gasteiger partial charge on any atom is -0.353 e. The quantitative estimate of drug-likeness (QED) is 0.740. The molecule has 4 rings (SSSR count). The van der Waals surface area contributed by atoms with Gasteiger partial charge in [0.15, 0.2) is 0 Å². The summed E-state index contributed by atoms with van der Waals surface area (Å²) >= 11 is 6.20. The van der Waals surface area contributed by atoms with Crippen LogP contribution in [-0.4, -0.2) is 41.1 Å². The Balaban J connectivity index is 1.45. The summed E-state index contributed by atoms with van der Waals surface area (Å²) in [5.74, 6) is 2.52. The van der Waals surface area contributed by atoms with Gasteiger partial charge in [0.1, 0.15) is 11.6 Å². The summed E-state index contributed by atoms with van der Waals surface area (Å²) in [5.41, 5.74) is 1.90. The van der Waals surface area contributed by atoms with Crippen LogP contribution in [-0.2, 0) is 0 Å². The Hall–Kier alpha value is -2.86. The second kappa shape index (κ2) is 7.80. The third kappa shape index (κ3) is 3.95. The van der Waals surface area contributed by atoms with Crippen molar-refractivity contribution < 1.29 is 0 Å². The number of halogens is 1. The second-order valence-electron chi connectivity index (χ2n) is 6.44. The Morgan fingerprint density at radius 3 is 2.37 bits per heavy atom. The van der Waals surface area contributed by atoms with Crippen molar-refractivity contribution in [1.82, 2.24) is 15.0 Å². The maximum atomic E-state index is 6.20. The van der Waals surface area contributed by atoms with E-state index >= 15 is 0 Å². The number of nitrogens with one attached hydrogen (secondary N) is 1. The number of rotatable bonds is 4. The third-order valence-corrected chi connectivity index (χ3v) is 5.14. The van der Waals surface area contributed by atoms with E-state index in [0.717, 1.165) is 54.1 Å². The molecule has 0 radical (unpaired) electrons. The fourth-order valence-electron chi connectivity index (χ4n) is 3.15. The standard InChI is InChI=1S/C20H21ClN6/c1-15-16(21)5-4-6-17(15)24-20-23-10-8-19(25-20)27-13-11-26(12-14-27)18-7-2-3-9-22-18/h2-10H,11-14H2,1H3,(H,23,24,25). The Kier molecular flexibility index (Phi) is 5.07. The summed E-state index contributed by atoms with van der Waals surface area (Å²) in [6.07, 6.45) is 3.62. The van der Waals surface area contributed by atoms with Crippen molar-refractivity contribution in [2.24, 2.45) is 0 Å². The molecule has 0 unspecified atom stereocenters. The van der Waals surface area contributed by atoms with Gasteiger partial charge in [0.25, 0.3) is 0 Å². The molecular formula is C20H21ClN6. The SMILES string of the molecule is Cc1c(Cl)cccc1Nc1nccc(N2CCN(c3ccccn3)CC2)n1. The van der Waals surface area contributed by atoms with Gasteiger partial charge in [0, 0.05) is 49.3 Å². The van der Waals surface area contributed by atoms with Crippen molar-refractivity contribution in [3.8, 4) is 0 Å². The zero-order valence-electron chi connectivity index (χ0n) is 15.1. The molecule has 0 aliphatic carbocycles. The van der Waals surface area contributed by atoms with Gasteiger partial charge < -0.3 is 15.1 Å². The minimum absolute atomic E-state index is 0.574. The monoisotopic (exact) mass is 380 g/mol. The number of hydrogen-bond acceptors (Lipinski definition) is 6. The van der Waals surface area contributed by atoms with Gasteiger partial charge in [-0.15, -0.1) is 0 Å². The van der Waals surface area contributed by atoms with Crippen LogP contribution in [0.25, 0.3) is 0 Å². The lowest BCUT2D eigenvalue weighted by Crippen LogP contribution is -2.47. The van der Waals surface area contributed by atoms with Gasteiger partial charge in [0.05, 0.1) is 0 Å². The van der Waals surface area contributed by atoms with Gasteiger partial charge in [-0.3, -0.25) is 0 Å². The molecule has 0 amide bonds. The zero-order chi connectivity index (χ0) is 18.6. The number of anilines is 4. The topological polar surface area (TPSA) is 57.2 Å². The van der Waals surface area contributed by atoms with Crippen LogP contribution in [0.4, 0.5) is 23.3 Å². The van der Waals surface area contributed by atoms with E-state index in [-0.39, 0.29) is 0 Å². The Morgan fingerprint density at radius 2 is 1.63 bits per heavy atom. The number of nitrogens with zero attached hydrogens (tertiary/aromatic N) is 5. The van der Waals surface area contributed by atoms with E-state index < -0.39 is 0 Å². The smallest absolute Gasteiger partial charge is 0.229 e. The molecule has 0 spiro atoms. The lowest BCUT2D eigenvalue weighted by atomic mass is 10.2. The first-order valence-electron chi connectivity index (χ1n) is 8.97. The minimum atomic E-state index is 0.574. The molecule has 27 heavy (non-hydrogen) atoms. The average molecular weight is 381 g/mol. The van der Waals surface area contributed by atoms with Crippen molar-refractivity contribution in [3.05, 3.63) is 65.4 Å².